The first-order chi connectivity index (χ1) is 6.24. The van der Waals surface area contributed by atoms with E-state index in [4.69, 9.17) is 4.74 Å². The van der Waals surface area contributed by atoms with Crippen molar-refractivity contribution in [3.8, 4) is 5.75 Å². The second kappa shape index (κ2) is 7.17. The Morgan fingerprint density at radius 1 is 1.08 bits per heavy atom. The molecule has 0 aliphatic heterocycles. The quantitative estimate of drug-likeness (QED) is 0.628. The van der Waals surface area contributed by atoms with Gasteiger partial charge in [-0.2, -0.15) is 0 Å². The molecular weight excluding hydrogens is 160 g/mol. The molecule has 1 aromatic rings. The molecule has 0 N–H and O–H groups in total. The van der Waals surface area contributed by atoms with Gasteiger partial charge in [-0.1, -0.05) is 43.0 Å². The molecule has 70 valence electrons. The van der Waals surface area contributed by atoms with Crippen LogP contribution in [0.2, 0.25) is 0 Å². The van der Waals surface area contributed by atoms with Crippen molar-refractivity contribution < 1.29 is 4.74 Å². The summed E-state index contributed by atoms with van der Waals surface area (Å²) in [6.45, 7) is 8.78. The second-order valence-electron chi connectivity index (χ2n) is 2.49. The van der Waals surface area contributed by atoms with Crippen LogP contribution in [0.25, 0.3) is 0 Å². The van der Waals surface area contributed by atoms with E-state index >= 15 is 0 Å². The minimum absolute atomic E-state index is 0.917. The molecule has 0 fully saturated rings. The number of benzene rings is 1. The summed E-state index contributed by atoms with van der Waals surface area (Å²) in [6.07, 6.45) is 3.28. The number of rotatable bonds is 2. The van der Waals surface area contributed by atoms with Crippen LogP contribution in [0.5, 0.6) is 5.75 Å². The number of aryl methyl sites for hydroxylation is 1. The van der Waals surface area contributed by atoms with Crippen molar-refractivity contribution in [2.75, 3.05) is 7.11 Å². The summed E-state index contributed by atoms with van der Waals surface area (Å²) in [6, 6.07) is 7.96. The number of ether oxygens (including phenoxy) is 1. The largest absolute Gasteiger partial charge is 0.497 e. The highest BCUT2D eigenvalue weighted by atomic mass is 16.5. The third kappa shape index (κ3) is 5.74. The van der Waals surface area contributed by atoms with Gasteiger partial charge < -0.3 is 4.74 Å². The Hall–Kier alpha value is -1.50. The Kier molecular flexibility index (Phi) is 6.34. The van der Waals surface area contributed by atoms with Gasteiger partial charge in [0.2, 0.25) is 0 Å². The van der Waals surface area contributed by atoms with E-state index < -0.39 is 0 Å². The number of hydrogen-bond donors (Lipinski definition) is 0. The highest BCUT2D eigenvalue weighted by molar-refractivity contribution is 5.25. The zero-order valence-corrected chi connectivity index (χ0v) is 8.29. The average molecular weight is 176 g/mol. The number of methoxy groups -OCH3 is 1. The third-order valence-corrected chi connectivity index (χ3v) is 1.42. The van der Waals surface area contributed by atoms with Crippen LogP contribution >= 0.6 is 0 Å². The van der Waals surface area contributed by atoms with E-state index in [1.165, 1.54) is 5.56 Å². The first-order valence-electron chi connectivity index (χ1n) is 4.08. The predicted octanol–water partition coefficient (Wildman–Crippen LogP) is 3.36. The zero-order chi connectivity index (χ0) is 10.1. The van der Waals surface area contributed by atoms with Gasteiger partial charge in [-0.05, 0) is 19.1 Å². The predicted molar refractivity (Wildman–Crippen MR) is 58.1 cm³/mol. The van der Waals surface area contributed by atoms with Crippen LogP contribution in [0.1, 0.15) is 5.56 Å². The molecule has 0 atom stereocenters. The molecule has 13 heavy (non-hydrogen) atoms. The first kappa shape index (κ1) is 11.5. The van der Waals surface area contributed by atoms with Gasteiger partial charge in [0.15, 0.2) is 0 Å². The van der Waals surface area contributed by atoms with Crippen LogP contribution in [0, 0.1) is 6.92 Å². The minimum Gasteiger partial charge on any atom is -0.497 e. The molecule has 0 spiro atoms. The van der Waals surface area contributed by atoms with E-state index in [0.29, 0.717) is 0 Å². The zero-order valence-electron chi connectivity index (χ0n) is 8.29. The SMILES string of the molecule is C=CC=C.COc1ccc(C)cc1. The molecule has 0 amide bonds. The smallest absolute Gasteiger partial charge is 0.118 e. The lowest BCUT2D eigenvalue weighted by Gasteiger charge is -1.97. The maximum atomic E-state index is 4.97. The van der Waals surface area contributed by atoms with Gasteiger partial charge in [0.05, 0.1) is 7.11 Å². The molecule has 0 saturated heterocycles. The Labute approximate surface area is 80.4 Å². The number of allylic oxidation sites excluding steroid dienone is 2. The molecule has 0 aliphatic carbocycles. The van der Waals surface area contributed by atoms with E-state index in [2.05, 4.69) is 20.1 Å². The van der Waals surface area contributed by atoms with Crippen molar-refractivity contribution in [2.45, 2.75) is 6.92 Å². The topological polar surface area (TPSA) is 9.23 Å². The average Bonchev–Trinajstić information content (AvgIpc) is 2.19. The Balaban J connectivity index is 0.000000310. The maximum absolute atomic E-state index is 4.97. The summed E-state index contributed by atoms with van der Waals surface area (Å²) in [5.74, 6) is 0.917. The lowest BCUT2D eigenvalue weighted by atomic mass is 10.2. The molecule has 1 nitrogen and oxygen atoms in total. The lowest BCUT2D eigenvalue weighted by Crippen LogP contribution is -1.80. The fourth-order valence-electron chi connectivity index (χ4n) is 0.674. The van der Waals surface area contributed by atoms with Crippen molar-refractivity contribution in [1.29, 1.82) is 0 Å². The Bertz CT molecular complexity index is 240. The van der Waals surface area contributed by atoms with E-state index in [1.54, 1.807) is 19.3 Å². The third-order valence-electron chi connectivity index (χ3n) is 1.42. The highest BCUT2D eigenvalue weighted by Crippen LogP contribution is 2.09. The van der Waals surface area contributed by atoms with E-state index in [0.717, 1.165) is 5.75 Å². The normalized spacial score (nSPS) is 7.85. The van der Waals surface area contributed by atoms with Crippen LogP contribution < -0.4 is 4.74 Å². The van der Waals surface area contributed by atoms with Crippen LogP contribution in [-0.2, 0) is 0 Å². The molecule has 0 radical (unpaired) electrons. The van der Waals surface area contributed by atoms with Crippen molar-refractivity contribution >= 4 is 0 Å². The van der Waals surface area contributed by atoms with E-state index in [-0.39, 0.29) is 0 Å². The maximum Gasteiger partial charge on any atom is 0.118 e. The Morgan fingerprint density at radius 2 is 1.54 bits per heavy atom. The molecule has 0 heterocycles. The van der Waals surface area contributed by atoms with Gasteiger partial charge >= 0.3 is 0 Å². The fraction of sp³-hybridized carbons (Fsp3) is 0.167. The molecule has 1 aromatic carbocycles. The van der Waals surface area contributed by atoms with Gasteiger partial charge in [0.1, 0.15) is 5.75 Å². The molecule has 0 unspecified atom stereocenters. The van der Waals surface area contributed by atoms with Crippen LogP contribution in [0.4, 0.5) is 0 Å². The molecule has 0 aliphatic rings. The number of hydrogen-bond acceptors (Lipinski definition) is 1. The summed E-state index contributed by atoms with van der Waals surface area (Å²) >= 11 is 0. The van der Waals surface area contributed by atoms with Gasteiger partial charge in [-0.3, -0.25) is 0 Å². The minimum atomic E-state index is 0.917. The van der Waals surface area contributed by atoms with Crippen molar-refractivity contribution in [3.05, 3.63) is 55.1 Å². The summed E-state index contributed by atoms with van der Waals surface area (Å²) in [5, 5.41) is 0. The summed E-state index contributed by atoms with van der Waals surface area (Å²) in [4.78, 5) is 0. The van der Waals surface area contributed by atoms with Gasteiger partial charge in [-0.15, -0.1) is 0 Å². The van der Waals surface area contributed by atoms with Gasteiger partial charge in [0, 0.05) is 0 Å². The standard InChI is InChI=1S/C8H10O.C4H6/c1-7-3-5-8(9-2)6-4-7;1-3-4-2/h3-6H,1-2H3;3-4H,1-2H2. The molecule has 1 rings (SSSR count). The lowest BCUT2D eigenvalue weighted by molar-refractivity contribution is 0.414. The van der Waals surface area contributed by atoms with Crippen LogP contribution in [0.3, 0.4) is 0 Å². The molecular formula is C12H16O. The van der Waals surface area contributed by atoms with Crippen molar-refractivity contribution in [2.24, 2.45) is 0 Å². The Morgan fingerprint density at radius 3 is 1.85 bits per heavy atom. The van der Waals surface area contributed by atoms with E-state index in [9.17, 15) is 0 Å². The second-order valence-corrected chi connectivity index (χ2v) is 2.49. The molecule has 0 aromatic heterocycles. The summed E-state index contributed by atoms with van der Waals surface area (Å²) in [7, 11) is 1.67. The summed E-state index contributed by atoms with van der Waals surface area (Å²) < 4.78 is 4.97. The molecule has 0 saturated carbocycles. The highest BCUT2D eigenvalue weighted by Gasteiger charge is 1.85. The van der Waals surface area contributed by atoms with Crippen LogP contribution in [-0.4, -0.2) is 7.11 Å². The van der Waals surface area contributed by atoms with Gasteiger partial charge in [-0.25, -0.2) is 0 Å². The van der Waals surface area contributed by atoms with Crippen molar-refractivity contribution in [3.63, 3.8) is 0 Å². The summed E-state index contributed by atoms with van der Waals surface area (Å²) in [5.41, 5.74) is 1.26. The van der Waals surface area contributed by atoms with Gasteiger partial charge in [0.25, 0.3) is 0 Å². The van der Waals surface area contributed by atoms with E-state index in [1.807, 2.05) is 24.3 Å². The first-order valence-corrected chi connectivity index (χ1v) is 4.08. The monoisotopic (exact) mass is 176 g/mol. The molecule has 0 bridgehead atoms. The van der Waals surface area contributed by atoms with Crippen molar-refractivity contribution in [1.82, 2.24) is 0 Å². The fourth-order valence-corrected chi connectivity index (χ4v) is 0.674. The van der Waals surface area contributed by atoms with Crippen LogP contribution in [0.15, 0.2) is 49.6 Å². The molecule has 1 heteroatoms.